The van der Waals surface area contributed by atoms with Crippen LogP contribution in [-0.4, -0.2) is 35.4 Å². The molecule has 0 spiro atoms. The van der Waals surface area contributed by atoms with Crippen LogP contribution in [0.15, 0.2) is 18.2 Å². The van der Waals surface area contributed by atoms with Crippen LogP contribution in [0.1, 0.15) is 12.8 Å². The summed E-state index contributed by atoms with van der Waals surface area (Å²) >= 11 is 5.73. The number of nitrogens with one attached hydrogen (secondary N) is 2. The van der Waals surface area contributed by atoms with Crippen molar-refractivity contribution in [1.82, 2.24) is 5.32 Å². The summed E-state index contributed by atoms with van der Waals surface area (Å²) < 4.78 is 4.77. The first-order valence-electron chi connectivity index (χ1n) is 6.56. The number of carbonyl (C=O) groups excluding carboxylic acids is 3. The Hall–Kier alpha value is -2.68. The Morgan fingerprint density at radius 1 is 1.48 bits per heavy atom. The van der Waals surface area contributed by atoms with Crippen LogP contribution in [0.4, 0.5) is 11.4 Å². The molecule has 1 saturated heterocycles. The minimum atomic E-state index is -0.768. The van der Waals surface area contributed by atoms with E-state index in [1.54, 1.807) is 0 Å². The van der Waals surface area contributed by atoms with Crippen molar-refractivity contribution in [3.8, 4) is 0 Å². The number of rotatable bonds is 5. The van der Waals surface area contributed by atoms with Crippen molar-refractivity contribution in [1.29, 1.82) is 0 Å². The molecule has 1 aromatic carbocycles. The highest BCUT2D eigenvalue weighted by Gasteiger charge is 2.29. The molecular formula is C13H12ClN3O6. The predicted octanol–water partition coefficient (Wildman–Crippen LogP) is 1.01. The van der Waals surface area contributed by atoms with Gasteiger partial charge in [0.25, 0.3) is 11.6 Å². The minimum Gasteiger partial charge on any atom is -0.454 e. The monoisotopic (exact) mass is 341 g/mol. The molecule has 1 heterocycles. The second-order valence-corrected chi connectivity index (χ2v) is 5.17. The first kappa shape index (κ1) is 16.7. The fourth-order valence-electron chi connectivity index (χ4n) is 1.98. The molecule has 0 unspecified atom stereocenters. The second-order valence-electron chi connectivity index (χ2n) is 4.73. The lowest BCUT2D eigenvalue weighted by Gasteiger charge is -2.10. The number of anilines is 1. The molecule has 2 amide bonds. The van der Waals surface area contributed by atoms with Crippen LogP contribution in [-0.2, 0) is 19.1 Å². The van der Waals surface area contributed by atoms with E-state index >= 15 is 0 Å². The first-order chi connectivity index (χ1) is 10.9. The number of nitrogens with zero attached hydrogens (tertiary/aromatic N) is 1. The van der Waals surface area contributed by atoms with Crippen LogP contribution in [0, 0.1) is 10.1 Å². The molecule has 23 heavy (non-hydrogen) atoms. The van der Waals surface area contributed by atoms with Gasteiger partial charge in [-0.1, -0.05) is 11.6 Å². The second kappa shape index (κ2) is 7.05. The lowest BCUT2D eigenvalue weighted by Crippen LogP contribution is -2.36. The Morgan fingerprint density at radius 3 is 2.83 bits per heavy atom. The number of ether oxygens (including phenoxy) is 1. The SMILES string of the molecule is O=C(COC(=O)[C@H]1CCC(=O)N1)Nc1cc(Cl)ccc1[N+](=O)[O-]. The van der Waals surface area contributed by atoms with E-state index in [2.05, 4.69) is 10.6 Å². The number of benzene rings is 1. The number of nitro benzene ring substituents is 1. The van der Waals surface area contributed by atoms with E-state index in [0.717, 1.165) is 6.07 Å². The summed E-state index contributed by atoms with van der Waals surface area (Å²) in [6.45, 7) is -0.630. The van der Waals surface area contributed by atoms with Gasteiger partial charge in [-0.25, -0.2) is 4.79 Å². The molecule has 10 heteroatoms. The minimum absolute atomic E-state index is 0.0993. The number of halogens is 1. The zero-order valence-electron chi connectivity index (χ0n) is 11.7. The highest BCUT2D eigenvalue weighted by Crippen LogP contribution is 2.27. The molecule has 0 aromatic heterocycles. The van der Waals surface area contributed by atoms with Crippen molar-refractivity contribution < 1.29 is 24.0 Å². The zero-order chi connectivity index (χ0) is 17.0. The average Bonchev–Trinajstić information content (AvgIpc) is 2.91. The smallest absolute Gasteiger partial charge is 0.329 e. The third-order valence-corrected chi connectivity index (χ3v) is 3.29. The Labute approximate surface area is 135 Å². The number of nitro groups is 1. The van der Waals surface area contributed by atoms with Crippen molar-refractivity contribution in [2.75, 3.05) is 11.9 Å². The number of esters is 1. The molecule has 9 nitrogen and oxygen atoms in total. The van der Waals surface area contributed by atoms with Crippen molar-refractivity contribution in [3.05, 3.63) is 33.3 Å². The average molecular weight is 342 g/mol. The maximum absolute atomic E-state index is 11.7. The summed E-state index contributed by atoms with van der Waals surface area (Å²) in [5.41, 5.74) is -0.435. The highest BCUT2D eigenvalue weighted by molar-refractivity contribution is 6.31. The lowest BCUT2D eigenvalue weighted by molar-refractivity contribution is -0.383. The summed E-state index contributed by atoms with van der Waals surface area (Å²) in [6, 6.07) is 2.92. The molecule has 122 valence electrons. The fourth-order valence-corrected chi connectivity index (χ4v) is 2.15. The van der Waals surface area contributed by atoms with Crippen molar-refractivity contribution in [2.45, 2.75) is 18.9 Å². The maximum atomic E-state index is 11.7. The van der Waals surface area contributed by atoms with Gasteiger partial charge in [0.2, 0.25) is 5.91 Å². The topological polar surface area (TPSA) is 128 Å². The molecule has 1 fully saturated rings. The van der Waals surface area contributed by atoms with Crippen LogP contribution >= 0.6 is 11.6 Å². The summed E-state index contributed by atoms with van der Waals surface area (Å²) in [6.07, 6.45) is 0.528. The Morgan fingerprint density at radius 2 is 2.22 bits per heavy atom. The summed E-state index contributed by atoms with van der Waals surface area (Å²) in [4.78, 5) is 44.6. The van der Waals surface area contributed by atoms with Gasteiger partial charge < -0.3 is 15.4 Å². The van der Waals surface area contributed by atoms with Gasteiger partial charge in [-0.15, -0.1) is 0 Å². The van der Waals surface area contributed by atoms with Gasteiger partial charge in [0.1, 0.15) is 11.7 Å². The van der Waals surface area contributed by atoms with Gasteiger partial charge in [0, 0.05) is 17.5 Å². The van der Waals surface area contributed by atoms with E-state index < -0.39 is 29.4 Å². The molecule has 1 aromatic rings. The van der Waals surface area contributed by atoms with Crippen LogP contribution in [0.3, 0.4) is 0 Å². The molecule has 2 rings (SSSR count). The molecule has 0 radical (unpaired) electrons. The van der Waals surface area contributed by atoms with Gasteiger partial charge in [0.15, 0.2) is 6.61 Å². The first-order valence-corrected chi connectivity index (χ1v) is 6.94. The molecule has 0 saturated carbocycles. The van der Waals surface area contributed by atoms with Gasteiger partial charge >= 0.3 is 5.97 Å². The Kier molecular flexibility index (Phi) is 5.12. The molecule has 0 aliphatic carbocycles. The number of hydrogen-bond acceptors (Lipinski definition) is 6. The normalized spacial score (nSPS) is 16.6. The summed E-state index contributed by atoms with van der Waals surface area (Å²) in [5.74, 6) is -1.74. The molecule has 1 aliphatic rings. The number of hydrogen-bond donors (Lipinski definition) is 2. The molecule has 1 atom stereocenters. The quantitative estimate of drug-likeness (QED) is 0.467. The van der Waals surface area contributed by atoms with E-state index in [1.165, 1.54) is 12.1 Å². The molecule has 1 aliphatic heterocycles. The molecule has 2 N–H and O–H groups in total. The summed E-state index contributed by atoms with van der Waals surface area (Å²) in [5, 5.41) is 15.7. The number of amides is 2. The van der Waals surface area contributed by atoms with Crippen LogP contribution in [0.25, 0.3) is 0 Å². The van der Waals surface area contributed by atoms with Crippen LogP contribution < -0.4 is 10.6 Å². The highest BCUT2D eigenvalue weighted by atomic mass is 35.5. The van der Waals surface area contributed by atoms with Crippen LogP contribution in [0.2, 0.25) is 5.02 Å². The lowest BCUT2D eigenvalue weighted by atomic mass is 10.2. The Balaban J connectivity index is 1.92. The van der Waals surface area contributed by atoms with E-state index in [0.29, 0.717) is 6.42 Å². The third kappa shape index (κ3) is 4.39. The van der Waals surface area contributed by atoms with Gasteiger partial charge in [-0.05, 0) is 18.6 Å². The van der Waals surface area contributed by atoms with Gasteiger partial charge in [-0.3, -0.25) is 19.7 Å². The van der Waals surface area contributed by atoms with E-state index in [-0.39, 0.29) is 28.7 Å². The number of carbonyl (C=O) groups is 3. The maximum Gasteiger partial charge on any atom is 0.329 e. The molecular weight excluding hydrogens is 330 g/mol. The van der Waals surface area contributed by atoms with E-state index in [4.69, 9.17) is 16.3 Å². The largest absolute Gasteiger partial charge is 0.454 e. The van der Waals surface area contributed by atoms with E-state index in [1.807, 2.05) is 0 Å². The standard InChI is InChI=1S/C13H12ClN3O6/c14-7-1-3-10(17(21)22)9(5-7)16-12(19)6-23-13(20)8-2-4-11(18)15-8/h1,3,5,8H,2,4,6H2,(H,15,18)(H,16,19)/t8-/m1/s1. The van der Waals surface area contributed by atoms with Crippen molar-refractivity contribution >= 4 is 40.8 Å². The van der Waals surface area contributed by atoms with Crippen molar-refractivity contribution in [2.24, 2.45) is 0 Å². The Bertz CT molecular complexity index is 678. The van der Waals surface area contributed by atoms with Gasteiger partial charge in [0.05, 0.1) is 4.92 Å². The van der Waals surface area contributed by atoms with E-state index in [9.17, 15) is 24.5 Å². The molecule has 0 bridgehead atoms. The third-order valence-electron chi connectivity index (χ3n) is 3.05. The van der Waals surface area contributed by atoms with Gasteiger partial charge in [-0.2, -0.15) is 0 Å². The summed E-state index contributed by atoms with van der Waals surface area (Å²) in [7, 11) is 0. The van der Waals surface area contributed by atoms with Crippen LogP contribution in [0.5, 0.6) is 0 Å². The van der Waals surface area contributed by atoms with Crippen molar-refractivity contribution in [3.63, 3.8) is 0 Å². The zero-order valence-corrected chi connectivity index (χ0v) is 12.5. The predicted molar refractivity (Wildman–Crippen MR) is 78.9 cm³/mol. The fraction of sp³-hybridized carbons (Fsp3) is 0.308.